The van der Waals surface area contributed by atoms with E-state index in [9.17, 15) is 44.1 Å². The number of nitrogens with zero attached hydrogens (tertiary/aromatic N) is 3. The van der Waals surface area contributed by atoms with Crippen molar-refractivity contribution >= 4 is 46.6 Å². The fraction of sp³-hybridized carbons (Fsp3) is 0.514. The molecule has 0 saturated carbocycles. The largest absolute Gasteiger partial charge is 0.444 e. The zero-order valence-electron chi connectivity index (χ0n) is 31.1. The molecule has 1 aliphatic heterocycles. The van der Waals surface area contributed by atoms with E-state index >= 15 is 0 Å². The number of H-pyrrole nitrogens is 1. The molecule has 56 heavy (non-hydrogen) atoms. The predicted molar refractivity (Wildman–Crippen MR) is 198 cm³/mol. The number of aromatic nitrogens is 4. The Bertz CT molecular complexity index is 1980. The fourth-order valence-electron chi connectivity index (χ4n) is 5.86. The number of benzene rings is 1. The molecule has 0 aliphatic carbocycles. The van der Waals surface area contributed by atoms with Crippen LogP contribution >= 0.6 is 0 Å². The van der Waals surface area contributed by atoms with Crippen LogP contribution in [-0.2, 0) is 41.7 Å². The number of anilines is 2. The number of fused-ring (bicyclic) bond motifs is 1. The van der Waals surface area contributed by atoms with E-state index in [1.807, 2.05) is 6.92 Å². The van der Waals surface area contributed by atoms with Crippen LogP contribution < -0.4 is 32.5 Å². The summed E-state index contributed by atoms with van der Waals surface area (Å²) in [4.78, 5) is 84.2. The van der Waals surface area contributed by atoms with Crippen LogP contribution in [0.2, 0.25) is 0 Å². The second-order valence-electron chi connectivity index (χ2n) is 13.2. The number of rotatable bonds is 19. The molecule has 4 amide bonds. The Morgan fingerprint density at radius 1 is 1.05 bits per heavy atom. The van der Waals surface area contributed by atoms with Crippen LogP contribution in [-0.4, -0.2) is 120 Å². The molecule has 0 bridgehead atoms. The van der Waals surface area contributed by atoms with E-state index in [1.54, 1.807) is 38.1 Å². The first-order valence-corrected chi connectivity index (χ1v) is 17.8. The Kier molecular flexibility index (Phi) is 15.4. The third-order valence-electron chi connectivity index (χ3n) is 8.65. The molecule has 0 radical (unpaired) electrons. The highest BCUT2D eigenvalue weighted by Gasteiger charge is 2.45. The SMILES string of the molecule is C=CCn1c(=O)n([C@@H]2O[C@H](CO)[C@@H](O)[C@H]2O)c2nc(NC(=O)OCc3ccc(NC(=O)[C@H](CCC)NC(=O)[C@@H](NC(=O)COCCO)C(C)C)cc3)[nH]c(=O)c21. The number of nitrogens with one attached hydrogen (secondary N) is 5. The van der Waals surface area contributed by atoms with E-state index in [2.05, 4.69) is 37.8 Å². The molecule has 0 unspecified atom stereocenters. The summed E-state index contributed by atoms with van der Waals surface area (Å²) < 4.78 is 17.6. The van der Waals surface area contributed by atoms with Gasteiger partial charge in [0, 0.05) is 12.2 Å². The van der Waals surface area contributed by atoms with Crippen LogP contribution in [0.1, 0.15) is 45.4 Å². The Hall–Kier alpha value is -5.45. The van der Waals surface area contributed by atoms with Crippen molar-refractivity contribution < 1.29 is 53.8 Å². The van der Waals surface area contributed by atoms with Crippen molar-refractivity contribution in [3.05, 3.63) is 63.3 Å². The van der Waals surface area contributed by atoms with Gasteiger partial charge in [-0.05, 0) is 30.0 Å². The molecule has 4 rings (SSSR count). The zero-order chi connectivity index (χ0) is 41.1. The lowest BCUT2D eigenvalue weighted by Gasteiger charge is -2.25. The summed E-state index contributed by atoms with van der Waals surface area (Å²) in [6, 6.07) is 4.41. The number of carbonyl (C=O) groups excluding carboxylic acids is 4. The van der Waals surface area contributed by atoms with Gasteiger partial charge in [0.25, 0.3) is 5.56 Å². The Morgan fingerprint density at radius 3 is 2.38 bits per heavy atom. The van der Waals surface area contributed by atoms with Gasteiger partial charge in [0.05, 0.1) is 19.8 Å². The van der Waals surface area contributed by atoms with Crippen molar-refractivity contribution in [3.63, 3.8) is 0 Å². The van der Waals surface area contributed by atoms with Crippen molar-refractivity contribution in [2.75, 3.05) is 37.1 Å². The van der Waals surface area contributed by atoms with Gasteiger partial charge in [0.15, 0.2) is 17.4 Å². The number of hydrogen-bond donors (Lipinski definition) is 9. The third kappa shape index (κ3) is 10.4. The maximum atomic E-state index is 13.3. The quantitative estimate of drug-likeness (QED) is 0.0510. The summed E-state index contributed by atoms with van der Waals surface area (Å²) in [7, 11) is 0. The van der Waals surface area contributed by atoms with Crippen molar-refractivity contribution in [3.8, 4) is 0 Å². The lowest BCUT2D eigenvalue weighted by atomic mass is 10.0. The number of imidazole rings is 1. The first-order chi connectivity index (χ1) is 26.7. The molecule has 0 spiro atoms. The molecule has 3 aromatic rings. The number of ether oxygens (including phenoxy) is 3. The van der Waals surface area contributed by atoms with Crippen LogP contribution in [0.15, 0.2) is 46.5 Å². The second kappa shape index (κ2) is 19.9. The molecule has 6 atom stereocenters. The van der Waals surface area contributed by atoms with Crippen LogP contribution in [0.4, 0.5) is 16.4 Å². The number of aromatic amines is 1. The van der Waals surface area contributed by atoms with Crippen molar-refractivity contribution in [2.24, 2.45) is 5.92 Å². The van der Waals surface area contributed by atoms with E-state index in [4.69, 9.17) is 19.3 Å². The fourth-order valence-corrected chi connectivity index (χ4v) is 5.86. The number of allylic oxidation sites excluding steroid dienone is 1. The van der Waals surface area contributed by atoms with Gasteiger partial charge >= 0.3 is 11.8 Å². The number of aliphatic hydroxyl groups excluding tert-OH is 4. The van der Waals surface area contributed by atoms with Crippen molar-refractivity contribution in [2.45, 2.75) is 83.4 Å². The molecule has 3 heterocycles. The van der Waals surface area contributed by atoms with Crippen molar-refractivity contribution in [1.82, 2.24) is 29.7 Å². The van der Waals surface area contributed by atoms with Crippen LogP contribution in [0, 0.1) is 5.92 Å². The van der Waals surface area contributed by atoms with Gasteiger partial charge in [-0.2, -0.15) is 4.98 Å². The third-order valence-corrected chi connectivity index (χ3v) is 8.65. The Morgan fingerprint density at radius 2 is 1.77 bits per heavy atom. The average molecular weight is 789 g/mol. The molecular formula is C35H48N8O13. The minimum atomic E-state index is -1.67. The van der Waals surface area contributed by atoms with Gasteiger partial charge < -0.3 is 50.6 Å². The second-order valence-corrected chi connectivity index (χ2v) is 13.2. The number of amides is 4. The maximum Gasteiger partial charge on any atom is 0.414 e. The molecule has 21 heteroatoms. The average Bonchev–Trinajstić information content (AvgIpc) is 3.60. The summed E-state index contributed by atoms with van der Waals surface area (Å²) in [6.07, 6.45) is -4.77. The Labute approximate surface area is 319 Å². The minimum absolute atomic E-state index is 0.0300. The lowest BCUT2D eigenvalue weighted by molar-refractivity contribution is -0.134. The van der Waals surface area contributed by atoms with E-state index in [0.29, 0.717) is 24.1 Å². The van der Waals surface area contributed by atoms with E-state index in [-0.39, 0.29) is 50.1 Å². The van der Waals surface area contributed by atoms with E-state index in [0.717, 1.165) is 9.13 Å². The molecule has 9 N–H and O–H groups in total. The van der Waals surface area contributed by atoms with Gasteiger partial charge in [0.1, 0.15) is 43.6 Å². The maximum absolute atomic E-state index is 13.3. The van der Waals surface area contributed by atoms with Gasteiger partial charge in [-0.1, -0.05) is 45.4 Å². The molecule has 2 aromatic heterocycles. The summed E-state index contributed by atoms with van der Waals surface area (Å²) in [5.74, 6) is -2.31. The molecule has 1 saturated heterocycles. The zero-order valence-corrected chi connectivity index (χ0v) is 31.1. The predicted octanol–water partition coefficient (Wildman–Crippen LogP) is -1.19. The molecule has 1 aromatic carbocycles. The molecule has 306 valence electrons. The molecular weight excluding hydrogens is 740 g/mol. The highest BCUT2D eigenvalue weighted by molar-refractivity contribution is 5.98. The normalized spacial score (nSPS) is 19.0. The first kappa shape index (κ1) is 43.3. The highest BCUT2D eigenvalue weighted by Crippen LogP contribution is 2.30. The summed E-state index contributed by atoms with van der Waals surface area (Å²) in [5, 5.41) is 49.5. The highest BCUT2D eigenvalue weighted by atomic mass is 16.6. The Balaban J connectivity index is 1.39. The topological polar surface area (TPSA) is 298 Å². The van der Waals surface area contributed by atoms with E-state index < -0.39 is 84.2 Å². The van der Waals surface area contributed by atoms with Gasteiger partial charge in [-0.15, -0.1) is 6.58 Å². The van der Waals surface area contributed by atoms with Crippen LogP contribution in [0.3, 0.4) is 0 Å². The minimum Gasteiger partial charge on any atom is -0.444 e. The van der Waals surface area contributed by atoms with Crippen LogP contribution in [0.5, 0.6) is 0 Å². The van der Waals surface area contributed by atoms with Crippen molar-refractivity contribution in [1.29, 1.82) is 0 Å². The lowest BCUT2D eigenvalue weighted by Crippen LogP contribution is -2.55. The number of aliphatic hydroxyl groups is 4. The van der Waals surface area contributed by atoms with E-state index in [1.165, 1.54) is 6.08 Å². The summed E-state index contributed by atoms with van der Waals surface area (Å²) >= 11 is 0. The molecule has 21 nitrogen and oxygen atoms in total. The first-order valence-electron chi connectivity index (χ1n) is 17.8. The molecule has 1 aliphatic rings. The molecule has 1 fully saturated rings. The van der Waals surface area contributed by atoms with Gasteiger partial charge in [0.2, 0.25) is 23.7 Å². The standard InChI is InChI=1S/C35H48N8O13/c1-5-7-21(37-30(50)24(18(3)4)38-23(46)17-54-14-13-44)29(49)36-20-10-8-19(9-11-20)16-55-34(52)41-33-39-28-25(31(51)40-33)42(12-6-2)35(53)43(28)32-27(48)26(47)22(15-45)56-32/h6,8-11,18,21-22,24,26-27,32,44-45,47-48H,2,5,7,12-17H2,1,3-4H3,(H,36,49)(H,37,50)(H,38,46)(H2,39,40,41,51,52)/t21-,22+,24-,26+,27+,32+/m0/s1. The monoisotopic (exact) mass is 788 g/mol. The number of carbonyl (C=O) groups is 4. The van der Waals surface area contributed by atoms with Gasteiger partial charge in [-0.25, -0.2) is 14.2 Å². The van der Waals surface area contributed by atoms with Gasteiger partial charge in [-0.3, -0.25) is 34.0 Å². The smallest absolute Gasteiger partial charge is 0.414 e. The summed E-state index contributed by atoms with van der Waals surface area (Å²) in [6.45, 7) is 7.25. The number of hydrogen-bond acceptors (Lipinski definition) is 14. The summed E-state index contributed by atoms with van der Waals surface area (Å²) in [5.41, 5.74) is -1.30. The van der Waals surface area contributed by atoms with Crippen LogP contribution in [0.25, 0.3) is 11.2 Å².